The van der Waals surface area contributed by atoms with E-state index in [4.69, 9.17) is 11.6 Å². The Labute approximate surface area is 199 Å². The predicted molar refractivity (Wildman–Crippen MR) is 132 cm³/mol. The second kappa shape index (κ2) is 8.34. The topological polar surface area (TPSA) is 42.3 Å². The molecule has 0 N–H and O–H groups in total. The number of hydrogen-bond donors (Lipinski definition) is 0. The van der Waals surface area contributed by atoms with Crippen LogP contribution in [0.2, 0.25) is 5.02 Å². The van der Waals surface area contributed by atoms with Crippen LogP contribution in [0.1, 0.15) is 28.1 Å². The summed E-state index contributed by atoms with van der Waals surface area (Å²) < 4.78 is 3.27. The number of nitrogens with zero attached hydrogens (tertiary/aromatic N) is 2. The van der Waals surface area contributed by atoms with Gasteiger partial charge in [-0.15, -0.1) is 0 Å². The predicted octanol–water partition coefficient (Wildman–Crippen LogP) is 7.37. The zero-order valence-electron chi connectivity index (χ0n) is 17.5. The standard InChI is InChI=1S/C24H20BrClN2O2S/c1-13-9-20(10-14(2)22(13)25)27-15(3)11-17(16(27)4)12-21-23(29)28(24(30)31-21)19-7-5-18(26)6-8-19/h5-12H,1-4H3/b21-12-. The van der Waals surface area contributed by atoms with Crippen molar-refractivity contribution in [2.45, 2.75) is 27.7 Å². The van der Waals surface area contributed by atoms with Crippen LogP contribution < -0.4 is 4.90 Å². The summed E-state index contributed by atoms with van der Waals surface area (Å²) in [5.41, 5.74) is 6.89. The number of amides is 2. The number of carbonyl (C=O) groups is 2. The molecule has 0 radical (unpaired) electrons. The SMILES string of the molecule is Cc1cc(-n2c(C)cc(/C=C3\SC(=O)N(c4ccc(Cl)cc4)C3=O)c2C)cc(C)c1Br. The van der Waals surface area contributed by atoms with Crippen LogP contribution in [-0.2, 0) is 4.79 Å². The van der Waals surface area contributed by atoms with E-state index in [9.17, 15) is 9.59 Å². The molecule has 1 aromatic heterocycles. The number of aryl methyl sites for hydroxylation is 3. The van der Waals surface area contributed by atoms with Gasteiger partial charge in [-0.05, 0) is 105 Å². The molecule has 7 heteroatoms. The molecule has 0 spiro atoms. The van der Waals surface area contributed by atoms with E-state index in [2.05, 4.69) is 46.5 Å². The molecule has 1 saturated heterocycles. The molecule has 158 valence electrons. The third kappa shape index (κ3) is 4.00. The van der Waals surface area contributed by atoms with E-state index in [1.165, 1.54) is 4.90 Å². The molecule has 1 aliphatic heterocycles. The molecule has 2 aromatic carbocycles. The van der Waals surface area contributed by atoms with Gasteiger partial charge in [-0.1, -0.05) is 27.5 Å². The van der Waals surface area contributed by atoms with Crippen LogP contribution >= 0.6 is 39.3 Å². The molecular formula is C24H20BrClN2O2S. The van der Waals surface area contributed by atoms with Gasteiger partial charge in [-0.2, -0.15) is 0 Å². The van der Waals surface area contributed by atoms with Gasteiger partial charge < -0.3 is 4.57 Å². The van der Waals surface area contributed by atoms with Gasteiger partial charge in [-0.25, -0.2) is 4.90 Å². The Morgan fingerprint density at radius 2 is 1.55 bits per heavy atom. The second-order valence-corrected chi connectivity index (χ2v) is 9.77. The highest BCUT2D eigenvalue weighted by Gasteiger charge is 2.36. The Morgan fingerprint density at radius 1 is 0.935 bits per heavy atom. The normalized spacial score (nSPS) is 15.4. The number of aromatic nitrogens is 1. The van der Waals surface area contributed by atoms with Crippen molar-refractivity contribution in [3.05, 3.63) is 84.9 Å². The number of thioether (sulfide) groups is 1. The molecule has 1 aliphatic rings. The summed E-state index contributed by atoms with van der Waals surface area (Å²) in [5.74, 6) is -0.322. The molecule has 3 aromatic rings. The van der Waals surface area contributed by atoms with Crippen LogP contribution in [0.3, 0.4) is 0 Å². The van der Waals surface area contributed by atoms with Crippen molar-refractivity contribution in [3.63, 3.8) is 0 Å². The molecular weight excluding hydrogens is 496 g/mol. The van der Waals surface area contributed by atoms with E-state index in [1.54, 1.807) is 30.3 Å². The maximum atomic E-state index is 13.0. The Balaban J connectivity index is 1.72. The lowest BCUT2D eigenvalue weighted by Crippen LogP contribution is -2.27. The Hall–Kier alpha value is -2.28. The quantitative estimate of drug-likeness (QED) is 0.342. The Bertz CT molecular complexity index is 1240. The van der Waals surface area contributed by atoms with E-state index >= 15 is 0 Å². The fourth-order valence-corrected chi connectivity index (χ4v) is 4.99. The van der Waals surface area contributed by atoms with Crippen LogP contribution in [0.5, 0.6) is 0 Å². The minimum atomic E-state index is -0.322. The number of rotatable bonds is 3. The van der Waals surface area contributed by atoms with E-state index in [1.807, 2.05) is 19.9 Å². The largest absolute Gasteiger partial charge is 0.318 e. The summed E-state index contributed by atoms with van der Waals surface area (Å²) in [5, 5.41) is 0.239. The first kappa shape index (κ1) is 21.9. The van der Waals surface area contributed by atoms with Gasteiger partial charge in [0.25, 0.3) is 11.1 Å². The first-order valence-electron chi connectivity index (χ1n) is 9.67. The first-order chi connectivity index (χ1) is 14.7. The molecule has 0 atom stereocenters. The fraction of sp³-hybridized carbons (Fsp3) is 0.167. The van der Waals surface area contributed by atoms with Crippen molar-refractivity contribution in [1.29, 1.82) is 0 Å². The first-order valence-corrected chi connectivity index (χ1v) is 11.7. The van der Waals surface area contributed by atoms with Gasteiger partial charge in [-0.3, -0.25) is 9.59 Å². The van der Waals surface area contributed by atoms with Crippen molar-refractivity contribution in [1.82, 2.24) is 4.57 Å². The molecule has 0 bridgehead atoms. The van der Waals surface area contributed by atoms with Crippen LogP contribution in [0.15, 0.2) is 51.8 Å². The van der Waals surface area contributed by atoms with Gasteiger partial charge in [0, 0.05) is 26.6 Å². The summed E-state index contributed by atoms with van der Waals surface area (Å²) >= 11 is 10.5. The Morgan fingerprint density at radius 3 is 2.16 bits per heavy atom. The molecule has 0 unspecified atom stereocenters. The molecule has 31 heavy (non-hydrogen) atoms. The summed E-state index contributed by atoms with van der Waals surface area (Å²) in [4.78, 5) is 27.1. The minimum Gasteiger partial charge on any atom is -0.318 e. The lowest BCUT2D eigenvalue weighted by Gasteiger charge is -2.13. The second-order valence-electron chi connectivity index (χ2n) is 7.55. The highest BCUT2D eigenvalue weighted by molar-refractivity contribution is 9.10. The Kier molecular flexibility index (Phi) is 5.90. The average molecular weight is 516 g/mol. The third-order valence-corrected chi connectivity index (χ3v) is 7.69. The smallest absolute Gasteiger partial charge is 0.298 e. The monoisotopic (exact) mass is 514 g/mol. The number of imide groups is 1. The van der Waals surface area contributed by atoms with Gasteiger partial charge >= 0.3 is 0 Å². The number of anilines is 1. The maximum absolute atomic E-state index is 13.0. The lowest BCUT2D eigenvalue weighted by atomic mass is 10.1. The van der Waals surface area contributed by atoms with Crippen LogP contribution in [0.25, 0.3) is 11.8 Å². The minimum absolute atomic E-state index is 0.313. The van der Waals surface area contributed by atoms with Crippen molar-refractivity contribution in [2.24, 2.45) is 0 Å². The van der Waals surface area contributed by atoms with Crippen LogP contribution in [0, 0.1) is 27.7 Å². The van der Waals surface area contributed by atoms with Crippen molar-refractivity contribution >= 4 is 62.2 Å². The van der Waals surface area contributed by atoms with Crippen molar-refractivity contribution < 1.29 is 9.59 Å². The highest BCUT2D eigenvalue weighted by Crippen LogP contribution is 2.37. The van der Waals surface area contributed by atoms with Crippen LogP contribution in [-0.4, -0.2) is 15.7 Å². The van der Waals surface area contributed by atoms with E-state index in [0.29, 0.717) is 15.6 Å². The van der Waals surface area contributed by atoms with Gasteiger partial charge in [0.1, 0.15) is 0 Å². The molecule has 2 heterocycles. The molecule has 0 aliphatic carbocycles. The summed E-state index contributed by atoms with van der Waals surface area (Å²) in [7, 11) is 0. The molecule has 2 amide bonds. The number of hydrogen-bond acceptors (Lipinski definition) is 3. The number of carbonyl (C=O) groups excluding carboxylic acids is 2. The fourth-order valence-electron chi connectivity index (χ4n) is 3.80. The average Bonchev–Trinajstić information content (AvgIpc) is 3.15. The summed E-state index contributed by atoms with van der Waals surface area (Å²) in [6.45, 7) is 8.20. The van der Waals surface area contributed by atoms with E-state index < -0.39 is 0 Å². The summed E-state index contributed by atoms with van der Waals surface area (Å²) in [6, 6.07) is 13.0. The zero-order chi connectivity index (χ0) is 22.4. The van der Waals surface area contributed by atoms with Crippen LogP contribution in [0.4, 0.5) is 10.5 Å². The van der Waals surface area contributed by atoms with Gasteiger partial charge in [0.15, 0.2) is 0 Å². The lowest BCUT2D eigenvalue weighted by molar-refractivity contribution is -0.113. The van der Waals surface area contributed by atoms with Crippen molar-refractivity contribution in [2.75, 3.05) is 4.90 Å². The van der Waals surface area contributed by atoms with Gasteiger partial charge in [0.05, 0.1) is 10.6 Å². The highest BCUT2D eigenvalue weighted by atomic mass is 79.9. The summed E-state index contributed by atoms with van der Waals surface area (Å²) in [6.07, 6.45) is 1.80. The van der Waals surface area contributed by atoms with E-state index in [0.717, 1.165) is 50.0 Å². The van der Waals surface area contributed by atoms with Gasteiger partial charge in [0.2, 0.25) is 0 Å². The molecule has 0 saturated carbocycles. The number of halogens is 2. The number of benzene rings is 2. The molecule has 4 nitrogen and oxygen atoms in total. The van der Waals surface area contributed by atoms with Crippen molar-refractivity contribution in [3.8, 4) is 5.69 Å². The molecule has 4 rings (SSSR count). The zero-order valence-corrected chi connectivity index (χ0v) is 20.7. The maximum Gasteiger partial charge on any atom is 0.298 e. The van der Waals surface area contributed by atoms with E-state index in [-0.39, 0.29) is 11.1 Å². The molecule has 1 fully saturated rings. The third-order valence-electron chi connectivity index (χ3n) is 5.31.